The first-order valence-corrected chi connectivity index (χ1v) is 11.2. The zero-order chi connectivity index (χ0) is 19.2. The number of nitrogens with zero attached hydrogens (tertiary/aromatic N) is 2. The third-order valence-corrected chi connectivity index (χ3v) is 6.78. The maximum absolute atomic E-state index is 13.1. The first-order chi connectivity index (χ1) is 13.1. The van der Waals surface area contributed by atoms with Crippen LogP contribution in [-0.4, -0.2) is 72.5 Å². The average Bonchev–Trinajstić information content (AvgIpc) is 3.26. The van der Waals surface area contributed by atoms with Crippen LogP contribution in [-0.2, 0) is 9.59 Å². The fourth-order valence-electron chi connectivity index (χ4n) is 5.00. The molecule has 0 saturated carbocycles. The number of nitrogens with one attached hydrogen (secondary N) is 2. The van der Waals surface area contributed by atoms with E-state index in [1.807, 2.05) is 0 Å². The Kier molecular flexibility index (Phi) is 7.53. The Morgan fingerprint density at radius 3 is 2.70 bits per heavy atom. The zero-order valence-electron chi connectivity index (χ0n) is 17.2. The Balaban J connectivity index is 1.49. The monoisotopic (exact) mass is 378 g/mol. The van der Waals surface area contributed by atoms with Crippen LogP contribution in [0.5, 0.6) is 0 Å². The second-order valence-electron chi connectivity index (χ2n) is 8.66. The third-order valence-electron chi connectivity index (χ3n) is 6.78. The number of piperidine rings is 2. The molecule has 0 aliphatic carbocycles. The van der Waals surface area contributed by atoms with Crippen LogP contribution in [0.25, 0.3) is 0 Å². The average molecular weight is 379 g/mol. The second kappa shape index (κ2) is 9.87. The van der Waals surface area contributed by atoms with E-state index in [4.69, 9.17) is 0 Å². The highest BCUT2D eigenvalue weighted by atomic mass is 16.2. The molecule has 0 aromatic heterocycles. The summed E-state index contributed by atoms with van der Waals surface area (Å²) < 4.78 is 0. The van der Waals surface area contributed by atoms with Gasteiger partial charge in [0.25, 0.3) is 0 Å². The molecule has 0 aromatic rings. The SMILES string of the molecule is CCC1CCCCN1C(=O)C(C)N1CCCC(CNC(=O)C2CCCN2)C1. The Labute approximate surface area is 164 Å². The molecule has 4 atom stereocenters. The summed E-state index contributed by atoms with van der Waals surface area (Å²) in [5, 5.41) is 6.40. The second-order valence-corrected chi connectivity index (χ2v) is 8.66. The Morgan fingerprint density at radius 2 is 1.96 bits per heavy atom. The molecule has 154 valence electrons. The van der Waals surface area contributed by atoms with E-state index in [2.05, 4.69) is 34.3 Å². The van der Waals surface area contributed by atoms with Gasteiger partial charge in [-0.15, -0.1) is 0 Å². The molecule has 3 fully saturated rings. The molecule has 3 rings (SSSR count). The van der Waals surface area contributed by atoms with Crippen LogP contribution < -0.4 is 10.6 Å². The van der Waals surface area contributed by atoms with Crippen molar-refractivity contribution in [3.8, 4) is 0 Å². The topological polar surface area (TPSA) is 64.7 Å². The van der Waals surface area contributed by atoms with E-state index in [-0.39, 0.29) is 18.0 Å². The van der Waals surface area contributed by atoms with Crippen LogP contribution in [0.3, 0.4) is 0 Å². The van der Waals surface area contributed by atoms with Gasteiger partial charge in [-0.05, 0) is 77.3 Å². The minimum absolute atomic E-state index is 0.00438. The Bertz CT molecular complexity index is 506. The molecule has 0 aromatic carbocycles. The van der Waals surface area contributed by atoms with Gasteiger partial charge in [0.05, 0.1) is 12.1 Å². The minimum atomic E-state index is -0.0489. The summed E-state index contributed by atoms with van der Waals surface area (Å²) in [5.74, 6) is 0.900. The van der Waals surface area contributed by atoms with Crippen molar-refractivity contribution in [3.05, 3.63) is 0 Å². The van der Waals surface area contributed by atoms with Gasteiger partial charge in [-0.2, -0.15) is 0 Å². The van der Waals surface area contributed by atoms with Crippen molar-refractivity contribution in [1.82, 2.24) is 20.4 Å². The Morgan fingerprint density at radius 1 is 1.11 bits per heavy atom. The van der Waals surface area contributed by atoms with Crippen molar-refractivity contribution in [2.75, 3.05) is 32.7 Å². The van der Waals surface area contributed by atoms with Crippen molar-refractivity contribution < 1.29 is 9.59 Å². The first kappa shape index (κ1) is 20.6. The normalized spacial score (nSPS) is 30.9. The van der Waals surface area contributed by atoms with Gasteiger partial charge in [0.1, 0.15) is 0 Å². The number of likely N-dealkylation sites (tertiary alicyclic amines) is 2. The van der Waals surface area contributed by atoms with Crippen LogP contribution in [0, 0.1) is 5.92 Å². The van der Waals surface area contributed by atoms with E-state index in [1.54, 1.807) is 0 Å². The Hall–Kier alpha value is -1.14. The maximum atomic E-state index is 13.1. The van der Waals surface area contributed by atoms with Crippen LogP contribution in [0.15, 0.2) is 0 Å². The van der Waals surface area contributed by atoms with Crippen molar-refractivity contribution in [3.63, 3.8) is 0 Å². The van der Waals surface area contributed by atoms with Gasteiger partial charge in [0.15, 0.2) is 0 Å². The van der Waals surface area contributed by atoms with Crippen LogP contribution in [0.4, 0.5) is 0 Å². The van der Waals surface area contributed by atoms with E-state index >= 15 is 0 Å². The minimum Gasteiger partial charge on any atom is -0.354 e. The molecule has 6 nitrogen and oxygen atoms in total. The summed E-state index contributed by atoms with van der Waals surface area (Å²) in [4.78, 5) is 29.8. The molecule has 6 heteroatoms. The van der Waals surface area contributed by atoms with Gasteiger partial charge >= 0.3 is 0 Å². The molecule has 3 heterocycles. The highest BCUT2D eigenvalue weighted by molar-refractivity contribution is 5.82. The number of carbonyl (C=O) groups is 2. The molecule has 0 bridgehead atoms. The van der Waals surface area contributed by atoms with E-state index < -0.39 is 0 Å². The zero-order valence-corrected chi connectivity index (χ0v) is 17.2. The molecule has 3 aliphatic rings. The summed E-state index contributed by atoms with van der Waals surface area (Å²) in [7, 11) is 0. The van der Waals surface area contributed by atoms with Crippen molar-refractivity contribution in [1.29, 1.82) is 0 Å². The lowest BCUT2D eigenvalue weighted by atomic mass is 9.95. The number of amides is 2. The highest BCUT2D eigenvalue weighted by Crippen LogP contribution is 2.24. The van der Waals surface area contributed by atoms with Crippen molar-refractivity contribution >= 4 is 11.8 Å². The highest BCUT2D eigenvalue weighted by Gasteiger charge is 2.33. The predicted octanol–water partition coefficient (Wildman–Crippen LogP) is 1.75. The van der Waals surface area contributed by atoms with E-state index in [0.717, 1.165) is 77.7 Å². The summed E-state index contributed by atoms with van der Waals surface area (Å²) in [6.45, 7) is 8.78. The van der Waals surface area contributed by atoms with E-state index in [1.165, 1.54) is 6.42 Å². The summed E-state index contributed by atoms with van der Waals surface area (Å²) >= 11 is 0. The molecule has 0 spiro atoms. The fourth-order valence-corrected chi connectivity index (χ4v) is 5.00. The van der Waals surface area contributed by atoms with Crippen LogP contribution in [0.1, 0.15) is 65.2 Å². The number of rotatable bonds is 6. The molecular formula is C21H38N4O2. The molecule has 3 saturated heterocycles. The van der Waals surface area contributed by atoms with Crippen LogP contribution >= 0.6 is 0 Å². The molecular weight excluding hydrogens is 340 g/mol. The molecule has 27 heavy (non-hydrogen) atoms. The summed E-state index contributed by atoms with van der Waals surface area (Å²) in [5.41, 5.74) is 0. The molecule has 2 amide bonds. The predicted molar refractivity (Wildman–Crippen MR) is 107 cm³/mol. The van der Waals surface area contributed by atoms with Crippen molar-refractivity contribution in [2.45, 2.75) is 83.3 Å². The third kappa shape index (κ3) is 5.23. The quantitative estimate of drug-likeness (QED) is 0.739. The number of hydrogen-bond donors (Lipinski definition) is 2. The molecule has 3 aliphatic heterocycles. The maximum Gasteiger partial charge on any atom is 0.239 e. The smallest absolute Gasteiger partial charge is 0.239 e. The number of carbonyl (C=O) groups excluding carboxylic acids is 2. The van der Waals surface area contributed by atoms with Gasteiger partial charge in [-0.3, -0.25) is 14.5 Å². The van der Waals surface area contributed by atoms with Crippen molar-refractivity contribution in [2.24, 2.45) is 5.92 Å². The molecule has 4 unspecified atom stereocenters. The first-order valence-electron chi connectivity index (χ1n) is 11.2. The number of hydrogen-bond acceptors (Lipinski definition) is 4. The largest absolute Gasteiger partial charge is 0.354 e. The lowest BCUT2D eigenvalue weighted by Gasteiger charge is -2.41. The van der Waals surface area contributed by atoms with Gasteiger partial charge in [0, 0.05) is 25.7 Å². The van der Waals surface area contributed by atoms with E-state index in [0.29, 0.717) is 17.9 Å². The van der Waals surface area contributed by atoms with Gasteiger partial charge in [-0.1, -0.05) is 6.92 Å². The molecule has 0 radical (unpaired) electrons. The summed E-state index contributed by atoms with van der Waals surface area (Å²) in [6, 6.07) is 0.370. The summed E-state index contributed by atoms with van der Waals surface area (Å²) in [6.07, 6.45) is 8.87. The van der Waals surface area contributed by atoms with Gasteiger partial charge in [0.2, 0.25) is 11.8 Å². The lowest BCUT2D eigenvalue weighted by Crippen LogP contribution is -2.55. The van der Waals surface area contributed by atoms with Gasteiger partial charge < -0.3 is 15.5 Å². The van der Waals surface area contributed by atoms with E-state index in [9.17, 15) is 9.59 Å². The fraction of sp³-hybridized carbons (Fsp3) is 0.905. The lowest BCUT2D eigenvalue weighted by molar-refractivity contribution is -0.141. The van der Waals surface area contributed by atoms with Gasteiger partial charge in [-0.25, -0.2) is 0 Å². The molecule has 2 N–H and O–H groups in total. The van der Waals surface area contributed by atoms with Crippen LogP contribution in [0.2, 0.25) is 0 Å². The standard InChI is InChI=1S/C21H38N4O2/c1-3-18-9-4-5-13-25(18)21(27)16(2)24-12-7-8-17(15-24)14-23-20(26)19-10-6-11-22-19/h16-19,22H,3-15H2,1-2H3,(H,23,26).